The van der Waals surface area contributed by atoms with Crippen molar-refractivity contribution >= 4 is 49.6 Å². The van der Waals surface area contributed by atoms with E-state index in [4.69, 9.17) is 4.74 Å². The summed E-state index contributed by atoms with van der Waals surface area (Å²) >= 11 is 3.37. The first-order chi connectivity index (χ1) is 11.2. The molecule has 0 bridgehead atoms. The van der Waals surface area contributed by atoms with Crippen LogP contribution in [0.3, 0.4) is 0 Å². The Kier molecular flexibility index (Phi) is 3.99. The van der Waals surface area contributed by atoms with Gasteiger partial charge in [-0.2, -0.15) is 0 Å². The van der Waals surface area contributed by atoms with Gasteiger partial charge in [-0.3, -0.25) is 4.90 Å². The van der Waals surface area contributed by atoms with E-state index in [0.717, 1.165) is 9.86 Å². The van der Waals surface area contributed by atoms with E-state index in [9.17, 15) is 9.18 Å². The molecule has 0 aliphatic rings. The molecule has 1 aromatic carbocycles. The molecule has 0 saturated carbocycles. The second kappa shape index (κ2) is 5.73. The van der Waals surface area contributed by atoms with E-state index in [0.29, 0.717) is 22.2 Å². The van der Waals surface area contributed by atoms with E-state index in [1.54, 1.807) is 34.0 Å². The van der Waals surface area contributed by atoms with Gasteiger partial charge in [0.15, 0.2) is 0 Å². The van der Waals surface area contributed by atoms with Crippen LogP contribution < -0.4 is 4.90 Å². The van der Waals surface area contributed by atoms with Crippen LogP contribution in [0, 0.1) is 5.82 Å². The standard InChI is InChI=1S/C17H17BrFN3O2/c1-17(2,3)24-16(23)22(4)13-7-10(19)6-11-12-5-9(18)8-20-15(12)21-14(11)13/h5-8H,1-4H3,(H,20,21). The van der Waals surface area contributed by atoms with Gasteiger partial charge in [-0.05, 0) is 54.9 Å². The van der Waals surface area contributed by atoms with Crippen molar-refractivity contribution in [2.75, 3.05) is 11.9 Å². The summed E-state index contributed by atoms with van der Waals surface area (Å²) < 4.78 is 20.3. The number of rotatable bonds is 1. The number of aromatic amines is 1. The Morgan fingerprint density at radius 2 is 2.00 bits per heavy atom. The highest BCUT2D eigenvalue weighted by atomic mass is 79.9. The summed E-state index contributed by atoms with van der Waals surface area (Å²) in [7, 11) is 1.55. The Balaban J connectivity index is 2.17. The number of pyridine rings is 1. The van der Waals surface area contributed by atoms with Gasteiger partial charge in [0.25, 0.3) is 0 Å². The number of amides is 1. The fraction of sp³-hybridized carbons (Fsp3) is 0.294. The summed E-state index contributed by atoms with van der Waals surface area (Å²) in [4.78, 5) is 21.1. The Labute approximate surface area is 146 Å². The molecular formula is C17H17BrFN3O2. The van der Waals surface area contributed by atoms with Crippen molar-refractivity contribution in [3.8, 4) is 0 Å². The van der Waals surface area contributed by atoms with Crippen LogP contribution in [0.4, 0.5) is 14.9 Å². The third kappa shape index (κ3) is 3.08. The third-order valence-corrected chi connectivity index (χ3v) is 3.93. The van der Waals surface area contributed by atoms with Crippen molar-refractivity contribution in [3.05, 3.63) is 34.7 Å². The van der Waals surface area contributed by atoms with E-state index < -0.39 is 17.5 Å². The minimum absolute atomic E-state index is 0.397. The van der Waals surface area contributed by atoms with E-state index in [1.165, 1.54) is 17.0 Å². The van der Waals surface area contributed by atoms with Gasteiger partial charge in [0.1, 0.15) is 17.1 Å². The summed E-state index contributed by atoms with van der Waals surface area (Å²) in [6, 6.07) is 4.59. The zero-order valence-corrected chi connectivity index (χ0v) is 15.4. The molecule has 24 heavy (non-hydrogen) atoms. The van der Waals surface area contributed by atoms with Crippen molar-refractivity contribution < 1.29 is 13.9 Å². The number of benzene rings is 1. The molecule has 1 N–H and O–H groups in total. The number of ether oxygens (including phenoxy) is 1. The molecule has 0 aliphatic heterocycles. The Bertz CT molecular complexity index is 946. The molecule has 0 radical (unpaired) electrons. The molecule has 0 saturated heterocycles. The number of carbonyl (C=O) groups is 1. The molecule has 0 unspecified atom stereocenters. The van der Waals surface area contributed by atoms with E-state index in [1.807, 2.05) is 6.07 Å². The van der Waals surface area contributed by atoms with Crippen LogP contribution in [-0.2, 0) is 4.74 Å². The van der Waals surface area contributed by atoms with Crippen LogP contribution in [0.25, 0.3) is 21.9 Å². The SMILES string of the molecule is CN(C(=O)OC(C)(C)C)c1cc(F)cc2c1[nH]c1ncc(Br)cc12. The van der Waals surface area contributed by atoms with Crippen molar-refractivity contribution in [2.24, 2.45) is 0 Å². The number of H-pyrrole nitrogens is 1. The molecule has 126 valence electrons. The van der Waals surface area contributed by atoms with E-state index >= 15 is 0 Å². The van der Waals surface area contributed by atoms with Gasteiger partial charge in [-0.15, -0.1) is 0 Å². The smallest absolute Gasteiger partial charge is 0.414 e. The molecule has 7 heteroatoms. The van der Waals surface area contributed by atoms with Gasteiger partial charge in [0.2, 0.25) is 0 Å². The zero-order valence-electron chi connectivity index (χ0n) is 13.8. The minimum Gasteiger partial charge on any atom is -0.443 e. The lowest BCUT2D eigenvalue weighted by molar-refractivity contribution is 0.0589. The van der Waals surface area contributed by atoms with Gasteiger partial charge in [-0.1, -0.05) is 0 Å². The fourth-order valence-corrected chi connectivity index (χ4v) is 2.82. The highest BCUT2D eigenvalue weighted by molar-refractivity contribution is 9.10. The number of nitrogens with one attached hydrogen (secondary N) is 1. The molecule has 2 heterocycles. The van der Waals surface area contributed by atoms with Gasteiger partial charge in [0, 0.05) is 28.5 Å². The zero-order chi connectivity index (χ0) is 17.6. The molecule has 1 amide bonds. The average Bonchev–Trinajstić information content (AvgIpc) is 2.82. The maximum atomic E-state index is 14.1. The monoisotopic (exact) mass is 393 g/mol. The molecule has 0 fully saturated rings. The minimum atomic E-state index is -0.634. The highest BCUT2D eigenvalue weighted by Crippen LogP contribution is 2.34. The summed E-state index contributed by atoms with van der Waals surface area (Å²) in [5.41, 5.74) is 1.02. The summed E-state index contributed by atoms with van der Waals surface area (Å²) in [6.07, 6.45) is 1.10. The number of nitrogens with zero attached hydrogens (tertiary/aromatic N) is 2. The lowest BCUT2D eigenvalue weighted by atomic mass is 10.1. The number of aromatic nitrogens is 2. The number of halogens is 2. The second-order valence-electron chi connectivity index (χ2n) is 6.56. The second-order valence-corrected chi connectivity index (χ2v) is 7.48. The van der Waals surface area contributed by atoms with Gasteiger partial charge >= 0.3 is 6.09 Å². The molecule has 0 spiro atoms. The predicted molar refractivity (Wildman–Crippen MR) is 95.9 cm³/mol. The van der Waals surface area contributed by atoms with Gasteiger partial charge in [-0.25, -0.2) is 14.2 Å². The first-order valence-corrected chi connectivity index (χ1v) is 8.18. The number of hydrogen-bond donors (Lipinski definition) is 1. The van der Waals surface area contributed by atoms with Gasteiger partial charge < -0.3 is 9.72 Å². The number of carbonyl (C=O) groups excluding carboxylic acids is 1. The summed E-state index contributed by atoms with van der Waals surface area (Å²) in [5.74, 6) is -0.436. The summed E-state index contributed by atoms with van der Waals surface area (Å²) in [6.45, 7) is 5.35. The van der Waals surface area contributed by atoms with Crippen LogP contribution in [-0.4, -0.2) is 28.7 Å². The van der Waals surface area contributed by atoms with Crippen molar-refractivity contribution in [2.45, 2.75) is 26.4 Å². The van der Waals surface area contributed by atoms with E-state index in [2.05, 4.69) is 25.9 Å². The van der Waals surface area contributed by atoms with Crippen LogP contribution in [0.5, 0.6) is 0 Å². The van der Waals surface area contributed by atoms with Gasteiger partial charge in [0.05, 0.1) is 11.2 Å². The quantitative estimate of drug-likeness (QED) is 0.633. The van der Waals surface area contributed by atoms with Crippen LogP contribution in [0.15, 0.2) is 28.9 Å². The van der Waals surface area contributed by atoms with Crippen molar-refractivity contribution in [3.63, 3.8) is 0 Å². The maximum absolute atomic E-state index is 14.1. The first kappa shape index (κ1) is 16.7. The Hall–Kier alpha value is -2.15. The van der Waals surface area contributed by atoms with Crippen LogP contribution in [0.2, 0.25) is 0 Å². The third-order valence-electron chi connectivity index (χ3n) is 3.50. The lowest BCUT2D eigenvalue weighted by Crippen LogP contribution is -2.34. The first-order valence-electron chi connectivity index (χ1n) is 7.39. The molecule has 2 aromatic heterocycles. The molecule has 5 nitrogen and oxygen atoms in total. The largest absolute Gasteiger partial charge is 0.443 e. The lowest BCUT2D eigenvalue weighted by Gasteiger charge is -2.25. The number of fused-ring (bicyclic) bond motifs is 3. The Morgan fingerprint density at radius 1 is 1.29 bits per heavy atom. The topological polar surface area (TPSA) is 58.2 Å². The van der Waals surface area contributed by atoms with Crippen LogP contribution in [0.1, 0.15) is 20.8 Å². The van der Waals surface area contributed by atoms with E-state index in [-0.39, 0.29) is 0 Å². The predicted octanol–water partition coefficient (Wildman–Crippen LogP) is 4.99. The Morgan fingerprint density at radius 3 is 2.67 bits per heavy atom. The molecule has 0 atom stereocenters. The summed E-state index contributed by atoms with van der Waals surface area (Å²) in [5, 5.41) is 1.43. The number of anilines is 1. The molecule has 3 aromatic rings. The molecular weight excluding hydrogens is 377 g/mol. The fourth-order valence-electron chi connectivity index (χ4n) is 2.49. The highest BCUT2D eigenvalue weighted by Gasteiger charge is 2.23. The average molecular weight is 394 g/mol. The maximum Gasteiger partial charge on any atom is 0.414 e. The van der Waals surface area contributed by atoms with Crippen LogP contribution >= 0.6 is 15.9 Å². The molecule has 3 rings (SSSR count). The number of hydrogen-bond acceptors (Lipinski definition) is 3. The molecule has 0 aliphatic carbocycles. The van der Waals surface area contributed by atoms with Crippen molar-refractivity contribution in [1.82, 2.24) is 9.97 Å². The normalized spacial score (nSPS) is 11.9. The van der Waals surface area contributed by atoms with Crippen molar-refractivity contribution in [1.29, 1.82) is 0 Å².